The molecule has 0 aliphatic rings. The molecule has 0 atom stereocenters. The van der Waals surface area contributed by atoms with Crippen LogP contribution in [0.15, 0.2) is 60.7 Å². The van der Waals surface area contributed by atoms with E-state index < -0.39 is 0 Å². The first kappa shape index (κ1) is 17.2. The fourth-order valence-electron chi connectivity index (χ4n) is 0.856. The van der Waals surface area contributed by atoms with Gasteiger partial charge in [0.05, 0.1) is 0 Å². The first-order valence-electron chi connectivity index (χ1n) is 4.27. The molecule has 0 radical (unpaired) electrons. The van der Waals surface area contributed by atoms with Crippen LogP contribution in [0.3, 0.4) is 0 Å². The zero-order valence-electron chi connectivity index (χ0n) is 8.02. The van der Waals surface area contributed by atoms with Crippen molar-refractivity contribution in [3.63, 3.8) is 0 Å². The van der Waals surface area contributed by atoms with E-state index >= 15 is 0 Å². The fraction of sp³-hybridized carbons (Fsp3) is 0. The Balaban J connectivity index is 0. The molecule has 0 aliphatic carbocycles. The van der Waals surface area contributed by atoms with Gasteiger partial charge in [-0.15, -0.1) is 0 Å². The average Bonchev–Trinajstić information content (AvgIpc) is 2.21. The zero-order chi connectivity index (χ0) is 10.2. The van der Waals surface area contributed by atoms with Gasteiger partial charge in [0.1, 0.15) is 11.5 Å². The van der Waals surface area contributed by atoms with E-state index in [2.05, 4.69) is 0 Å². The molecule has 0 saturated carbocycles. The minimum absolute atomic E-state index is 0. The largest absolute Gasteiger partial charge is 0.508 e. The van der Waals surface area contributed by atoms with Crippen molar-refractivity contribution < 1.29 is 27.3 Å². The van der Waals surface area contributed by atoms with Crippen LogP contribution in [-0.4, -0.2) is 21.2 Å². The molecule has 0 aromatic heterocycles. The summed E-state index contributed by atoms with van der Waals surface area (Å²) in [5.74, 6) is 0.644. The van der Waals surface area contributed by atoms with Gasteiger partial charge in [-0.05, 0) is 35.2 Å². The number of aromatic hydroxyl groups is 2. The molecule has 0 spiro atoms. The number of benzene rings is 2. The number of para-hydroxylation sites is 2. The molecule has 2 N–H and O–H groups in total. The van der Waals surface area contributed by atoms with Gasteiger partial charge in [-0.25, -0.2) is 0 Å². The molecule has 0 saturated heterocycles. The Morgan fingerprint density at radius 3 is 0.938 bits per heavy atom. The molecule has 2 nitrogen and oxygen atoms in total. The van der Waals surface area contributed by atoms with Gasteiger partial charge < -0.3 is 10.2 Å². The molecule has 4 heteroatoms. The van der Waals surface area contributed by atoms with Crippen LogP contribution in [-0.2, 0) is 17.1 Å². The molecule has 0 heterocycles. The van der Waals surface area contributed by atoms with Crippen LogP contribution in [0.2, 0.25) is 0 Å². The molecule has 2 aromatic rings. The summed E-state index contributed by atoms with van der Waals surface area (Å²) in [6.07, 6.45) is 0. The third kappa shape index (κ3) is 8.12. The zero-order valence-corrected chi connectivity index (χ0v) is 9.13. The van der Waals surface area contributed by atoms with Gasteiger partial charge in [-0.2, -0.15) is 0 Å². The van der Waals surface area contributed by atoms with Gasteiger partial charge >= 0.3 is 0 Å². The smallest absolute Gasteiger partial charge is 0.115 e. The second-order valence-corrected chi connectivity index (χ2v) is 2.67. The third-order valence-electron chi connectivity index (χ3n) is 1.51. The van der Waals surface area contributed by atoms with Gasteiger partial charge in [0.15, 0.2) is 0 Å². The average molecular weight is 276 g/mol. The van der Waals surface area contributed by atoms with E-state index in [0.717, 1.165) is 0 Å². The van der Waals surface area contributed by atoms with Crippen molar-refractivity contribution in [3.8, 4) is 11.5 Å². The van der Waals surface area contributed by atoms with Gasteiger partial charge in [-0.1, -0.05) is 36.4 Å². The van der Waals surface area contributed by atoms with Crippen LogP contribution >= 0.6 is 0 Å². The number of phenolic OH excluding ortho intramolecular Hbond substituents is 2. The second-order valence-electron chi connectivity index (χ2n) is 2.67. The summed E-state index contributed by atoms with van der Waals surface area (Å²) in [7, 11) is 0. The van der Waals surface area contributed by atoms with E-state index in [9.17, 15) is 0 Å². The summed E-state index contributed by atoms with van der Waals surface area (Å²) < 4.78 is 0. The van der Waals surface area contributed by atoms with Crippen molar-refractivity contribution in [1.29, 1.82) is 0 Å². The second kappa shape index (κ2) is 10.3. The number of rotatable bonds is 0. The van der Waals surface area contributed by atoms with Gasteiger partial charge in [-0.3, -0.25) is 0 Å². The van der Waals surface area contributed by atoms with Crippen molar-refractivity contribution in [2.24, 2.45) is 0 Å². The molecule has 0 unspecified atom stereocenters. The molecule has 88 valence electrons. The molecule has 2 rings (SSSR count). The number of hydrogen-bond donors (Lipinski definition) is 2. The monoisotopic (exact) mass is 276 g/mol. The maximum absolute atomic E-state index is 8.63. The van der Waals surface area contributed by atoms with E-state index in [1.54, 1.807) is 48.5 Å². The molecule has 0 aliphatic heterocycles. The van der Waals surface area contributed by atoms with Crippen molar-refractivity contribution in [2.75, 3.05) is 0 Å². The Kier molecular flexibility index (Phi) is 11.1. The Morgan fingerprint density at radius 1 is 0.562 bits per heavy atom. The molecule has 16 heavy (non-hydrogen) atoms. The summed E-state index contributed by atoms with van der Waals surface area (Å²) in [5.41, 5.74) is 0. The topological polar surface area (TPSA) is 40.5 Å². The first-order valence-corrected chi connectivity index (χ1v) is 4.27. The standard InChI is InChI=1S/2C6H6O.Fe.H4Si/c2*7-6-4-2-1-3-5-6;;/h2*1-5,7H;;1H4. The van der Waals surface area contributed by atoms with Crippen LogP contribution in [0.1, 0.15) is 0 Å². The maximum atomic E-state index is 8.63. The van der Waals surface area contributed by atoms with Crippen LogP contribution in [0.25, 0.3) is 0 Å². The number of phenols is 2. The molecular weight excluding hydrogens is 260 g/mol. The van der Waals surface area contributed by atoms with E-state index in [0.29, 0.717) is 11.5 Å². The summed E-state index contributed by atoms with van der Waals surface area (Å²) in [6.45, 7) is 0. The van der Waals surface area contributed by atoms with Gasteiger partial charge in [0.2, 0.25) is 0 Å². The molecular formula is C12H16FeO2Si. The molecule has 0 bridgehead atoms. The van der Waals surface area contributed by atoms with Crippen LogP contribution < -0.4 is 0 Å². The summed E-state index contributed by atoms with van der Waals surface area (Å²) in [5, 5.41) is 17.3. The predicted molar refractivity (Wildman–Crippen MR) is 67.5 cm³/mol. The first-order chi connectivity index (χ1) is 6.79. The minimum Gasteiger partial charge on any atom is -0.508 e. The SMILES string of the molecule is Oc1ccccc1.Oc1ccccc1.[Fe].[SiH4]. The summed E-state index contributed by atoms with van der Waals surface area (Å²) in [4.78, 5) is 0. The quantitative estimate of drug-likeness (QED) is 0.713. The van der Waals surface area contributed by atoms with Crippen molar-refractivity contribution in [3.05, 3.63) is 60.7 Å². The Labute approximate surface area is 110 Å². The maximum Gasteiger partial charge on any atom is 0.115 e. The summed E-state index contributed by atoms with van der Waals surface area (Å²) in [6, 6.07) is 17.4. The van der Waals surface area contributed by atoms with E-state index in [-0.39, 0.29) is 28.0 Å². The van der Waals surface area contributed by atoms with Crippen LogP contribution in [0, 0.1) is 0 Å². The van der Waals surface area contributed by atoms with Crippen molar-refractivity contribution in [2.45, 2.75) is 0 Å². The Morgan fingerprint density at radius 2 is 0.812 bits per heavy atom. The van der Waals surface area contributed by atoms with Crippen molar-refractivity contribution >= 4 is 11.0 Å². The number of hydrogen-bond acceptors (Lipinski definition) is 2. The summed E-state index contributed by atoms with van der Waals surface area (Å²) >= 11 is 0. The predicted octanol–water partition coefficient (Wildman–Crippen LogP) is 1.33. The minimum atomic E-state index is 0. The Hall–Kier alpha value is -1.22. The molecule has 0 amide bonds. The van der Waals surface area contributed by atoms with Crippen LogP contribution in [0.4, 0.5) is 0 Å². The fourth-order valence-corrected chi connectivity index (χ4v) is 0.856. The van der Waals surface area contributed by atoms with Gasteiger partial charge in [0, 0.05) is 17.1 Å². The van der Waals surface area contributed by atoms with E-state index in [1.165, 1.54) is 0 Å². The normalized spacial score (nSPS) is 7.50. The molecule has 0 fully saturated rings. The van der Waals surface area contributed by atoms with Crippen molar-refractivity contribution in [1.82, 2.24) is 0 Å². The Bertz CT molecular complexity index is 316. The van der Waals surface area contributed by atoms with Crippen LogP contribution in [0.5, 0.6) is 11.5 Å². The van der Waals surface area contributed by atoms with Gasteiger partial charge in [0.25, 0.3) is 0 Å². The third-order valence-corrected chi connectivity index (χ3v) is 1.51. The molecule has 2 aromatic carbocycles. The van der Waals surface area contributed by atoms with E-state index in [1.807, 2.05) is 12.1 Å². The van der Waals surface area contributed by atoms with E-state index in [4.69, 9.17) is 10.2 Å².